The van der Waals surface area contributed by atoms with Crippen LogP contribution in [0.25, 0.3) is 0 Å². The Morgan fingerprint density at radius 3 is 2.79 bits per heavy atom. The van der Waals surface area contributed by atoms with E-state index in [0.29, 0.717) is 10.6 Å². The Hall–Kier alpha value is -0.840. The van der Waals surface area contributed by atoms with Crippen molar-refractivity contribution in [1.29, 1.82) is 0 Å². The van der Waals surface area contributed by atoms with Crippen molar-refractivity contribution in [3.63, 3.8) is 0 Å². The van der Waals surface area contributed by atoms with E-state index in [9.17, 15) is 4.79 Å². The van der Waals surface area contributed by atoms with Gasteiger partial charge < -0.3 is 4.90 Å². The van der Waals surface area contributed by atoms with Crippen LogP contribution in [0.15, 0.2) is 40.2 Å². The maximum Gasteiger partial charge on any atom is 0.255 e. The van der Waals surface area contributed by atoms with Crippen LogP contribution < -0.4 is 0 Å². The Labute approximate surface area is 130 Å². The standard InChI is InChI=1S/C14H13BrClNOS/c1-9(13-4-3-7-19-13)17(2)14(18)11-8-10(16)5-6-12(11)15/h3-9H,1-2H3. The number of hydrogen-bond donors (Lipinski definition) is 0. The average molecular weight is 359 g/mol. The molecule has 1 heterocycles. The van der Waals surface area contributed by atoms with Gasteiger partial charge >= 0.3 is 0 Å². The molecule has 0 spiro atoms. The number of carbonyl (C=O) groups excluding carboxylic acids is 1. The van der Waals surface area contributed by atoms with Crippen molar-refractivity contribution in [2.24, 2.45) is 0 Å². The number of rotatable bonds is 3. The Bertz CT molecular complexity index is 585. The van der Waals surface area contributed by atoms with Gasteiger partial charge in [0, 0.05) is 21.4 Å². The molecule has 0 aliphatic rings. The van der Waals surface area contributed by atoms with Gasteiger partial charge in [0.2, 0.25) is 0 Å². The van der Waals surface area contributed by atoms with Gasteiger partial charge in [-0.25, -0.2) is 0 Å². The Morgan fingerprint density at radius 1 is 1.42 bits per heavy atom. The highest BCUT2D eigenvalue weighted by Crippen LogP contribution is 2.28. The third-order valence-corrected chi connectivity index (χ3v) is 4.98. The van der Waals surface area contributed by atoms with Crippen LogP contribution in [0.1, 0.15) is 28.2 Å². The highest BCUT2D eigenvalue weighted by molar-refractivity contribution is 9.10. The molecule has 19 heavy (non-hydrogen) atoms. The molecule has 1 aromatic heterocycles. The summed E-state index contributed by atoms with van der Waals surface area (Å²) in [6, 6.07) is 9.30. The molecule has 1 aromatic carbocycles. The van der Waals surface area contributed by atoms with Gasteiger partial charge in [0.1, 0.15) is 0 Å². The lowest BCUT2D eigenvalue weighted by Gasteiger charge is -2.24. The minimum Gasteiger partial charge on any atom is -0.334 e. The van der Waals surface area contributed by atoms with Crippen LogP contribution in [0.3, 0.4) is 0 Å². The van der Waals surface area contributed by atoms with Crippen molar-refractivity contribution in [1.82, 2.24) is 4.90 Å². The topological polar surface area (TPSA) is 20.3 Å². The fourth-order valence-electron chi connectivity index (χ4n) is 1.75. The van der Waals surface area contributed by atoms with Crippen LogP contribution in [0.5, 0.6) is 0 Å². The number of benzene rings is 1. The number of carbonyl (C=O) groups is 1. The van der Waals surface area contributed by atoms with Crippen LogP contribution >= 0.6 is 38.9 Å². The Balaban J connectivity index is 2.26. The van der Waals surface area contributed by atoms with E-state index in [-0.39, 0.29) is 11.9 Å². The minimum absolute atomic E-state index is 0.0402. The lowest BCUT2D eigenvalue weighted by atomic mass is 10.1. The monoisotopic (exact) mass is 357 g/mol. The van der Waals surface area contributed by atoms with Gasteiger partial charge in [-0.1, -0.05) is 17.7 Å². The van der Waals surface area contributed by atoms with Gasteiger partial charge in [-0.15, -0.1) is 11.3 Å². The molecule has 0 saturated carbocycles. The van der Waals surface area contributed by atoms with E-state index in [1.54, 1.807) is 41.5 Å². The van der Waals surface area contributed by atoms with Gasteiger partial charge in [0.25, 0.3) is 5.91 Å². The number of amides is 1. The summed E-state index contributed by atoms with van der Waals surface area (Å²) in [6.45, 7) is 2.02. The van der Waals surface area contributed by atoms with E-state index >= 15 is 0 Å². The van der Waals surface area contributed by atoms with Crippen molar-refractivity contribution < 1.29 is 4.79 Å². The van der Waals surface area contributed by atoms with Gasteiger partial charge in [-0.2, -0.15) is 0 Å². The first-order valence-electron chi connectivity index (χ1n) is 5.76. The number of hydrogen-bond acceptors (Lipinski definition) is 2. The normalized spacial score (nSPS) is 12.2. The maximum atomic E-state index is 12.5. The molecule has 5 heteroatoms. The molecule has 1 amide bonds. The predicted molar refractivity (Wildman–Crippen MR) is 84.0 cm³/mol. The molecule has 1 atom stereocenters. The van der Waals surface area contributed by atoms with E-state index < -0.39 is 0 Å². The van der Waals surface area contributed by atoms with E-state index in [0.717, 1.165) is 9.35 Å². The summed E-state index contributed by atoms with van der Waals surface area (Å²) >= 11 is 11.0. The molecule has 0 bridgehead atoms. The molecule has 0 radical (unpaired) electrons. The Kier molecular flexibility index (Phi) is 4.66. The second-order valence-corrected chi connectivity index (χ2v) is 6.50. The molecule has 0 N–H and O–H groups in total. The number of halogens is 2. The van der Waals surface area contributed by atoms with Gasteiger partial charge in [0.15, 0.2) is 0 Å². The zero-order chi connectivity index (χ0) is 14.0. The lowest BCUT2D eigenvalue weighted by molar-refractivity contribution is 0.0744. The summed E-state index contributed by atoms with van der Waals surface area (Å²) in [6.07, 6.45) is 0. The molecule has 100 valence electrons. The molecular weight excluding hydrogens is 346 g/mol. The molecule has 0 fully saturated rings. The third-order valence-electron chi connectivity index (χ3n) is 3.02. The molecule has 0 aliphatic carbocycles. The zero-order valence-electron chi connectivity index (χ0n) is 10.6. The first-order chi connectivity index (χ1) is 9.00. The quantitative estimate of drug-likeness (QED) is 0.756. The predicted octanol–water partition coefficient (Wildman–Crippen LogP) is 5.00. The molecule has 0 saturated heterocycles. The van der Waals surface area contributed by atoms with E-state index in [1.807, 2.05) is 24.4 Å². The summed E-state index contributed by atoms with van der Waals surface area (Å²) in [5, 5.41) is 2.57. The van der Waals surface area contributed by atoms with Crippen molar-refractivity contribution in [3.05, 3.63) is 55.6 Å². The minimum atomic E-state index is -0.0460. The van der Waals surface area contributed by atoms with Crippen LogP contribution in [0.2, 0.25) is 5.02 Å². The van der Waals surface area contributed by atoms with Gasteiger partial charge in [-0.05, 0) is 52.5 Å². The van der Waals surface area contributed by atoms with Crippen molar-refractivity contribution in [3.8, 4) is 0 Å². The van der Waals surface area contributed by atoms with Crippen LogP contribution in [0, 0.1) is 0 Å². The lowest BCUT2D eigenvalue weighted by Crippen LogP contribution is -2.29. The van der Waals surface area contributed by atoms with Gasteiger partial charge in [0.05, 0.1) is 11.6 Å². The smallest absolute Gasteiger partial charge is 0.255 e. The van der Waals surface area contributed by atoms with E-state index in [4.69, 9.17) is 11.6 Å². The Morgan fingerprint density at radius 2 is 2.16 bits per heavy atom. The van der Waals surface area contributed by atoms with E-state index in [1.165, 1.54) is 0 Å². The van der Waals surface area contributed by atoms with Crippen molar-refractivity contribution in [2.45, 2.75) is 13.0 Å². The largest absolute Gasteiger partial charge is 0.334 e. The maximum absolute atomic E-state index is 12.5. The molecule has 1 unspecified atom stereocenters. The molecule has 2 rings (SSSR count). The first kappa shape index (κ1) is 14.6. The van der Waals surface area contributed by atoms with Gasteiger partial charge in [-0.3, -0.25) is 4.79 Å². The number of nitrogens with zero attached hydrogens (tertiary/aromatic N) is 1. The average Bonchev–Trinajstić information content (AvgIpc) is 2.93. The van der Waals surface area contributed by atoms with Crippen molar-refractivity contribution >= 4 is 44.8 Å². The fraction of sp³-hybridized carbons (Fsp3) is 0.214. The fourth-order valence-corrected chi connectivity index (χ4v) is 3.16. The second kappa shape index (κ2) is 6.07. The zero-order valence-corrected chi connectivity index (χ0v) is 13.7. The summed E-state index contributed by atoms with van der Waals surface area (Å²) in [7, 11) is 1.81. The SMILES string of the molecule is CC(c1cccs1)N(C)C(=O)c1cc(Cl)ccc1Br. The van der Waals surface area contributed by atoms with E-state index in [2.05, 4.69) is 15.9 Å². The summed E-state index contributed by atoms with van der Waals surface area (Å²) < 4.78 is 0.757. The highest BCUT2D eigenvalue weighted by Gasteiger charge is 2.21. The molecular formula is C14H13BrClNOS. The molecule has 2 nitrogen and oxygen atoms in total. The summed E-state index contributed by atoms with van der Waals surface area (Å²) in [4.78, 5) is 15.4. The van der Waals surface area contributed by atoms with Crippen LogP contribution in [0.4, 0.5) is 0 Å². The van der Waals surface area contributed by atoms with Crippen LogP contribution in [-0.2, 0) is 0 Å². The highest BCUT2D eigenvalue weighted by atomic mass is 79.9. The summed E-state index contributed by atoms with van der Waals surface area (Å²) in [5.41, 5.74) is 0.582. The van der Waals surface area contributed by atoms with Crippen molar-refractivity contribution in [2.75, 3.05) is 7.05 Å². The first-order valence-corrected chi connectivity index (χ1v) is 7.81. The van der Waals surface area contributed by atoms with Crippen LogP contribution in [-0.4, -0.2) is 17.9 Å². The third kappa shape index (κ3) is 3.19. The molecule has 2 aromatic rings. The number of thiophene rings is 1. The second-order valence-electron chi connectivity index (χ2n) is 4.23. The summed E-state index contributed by atoms with van der Waals surface area (Å²) in [5.74, 6) is -0.0460. The molecule has 0 aliphatic heterocycles.